The summed E-state index contributed by atoms with van der Waals surface area (Å²) in [7, 11) is 1.62. The summed E-state index contributed by atoms with van der Waals surface area (Å²) in [6, 6.07) is 27.6. The van der Waals surface area contributed by atoms with E-state index >= 15 is 0 Å². The second-order valence-corrected chi connectivity index (χ2v) is 8.01. The summed E-state index contributed by atoms with van der Waals surface area (Å²) in [6.45, 7) is 0.0961. The molecule has 3 aromatic heterocycles. The molecule has 0 radical (unpaired) electrons. The van der Waals surface area contributed by atoms with Crippen LogP contribution >= 0.6 is 0 Å². The molecule has 0 spiro atoms. The molecular formula is C28H21N5O3. The molecule has 176 valence electrons. The Balaban J connectivity index is 1.39. The SMILES string of the molecule is COc1ccccc1/C=N/OCc1nc2c3c(-c4ccccc4)c(-c4ccccc4)oc3ncn2n1. The van der Waals surface area contributed by atoms with Gasteiger partial charge in [-0.1, -0.05) is 78.0 Å². The molecule has 0 fully saturated rings. The normalized spacial score (nSPS) is 11.5. The molecule has 0 N–H and O–H groups in total. The van der Waals surface area contributed by atoms with Gasteiger partial charge in [0, 0.05) is 16.7 Å². The molecule has 36 heavy (non-hydrogen) atoms. The van der Waals surface area contributed by atoms with Crippen LogP contribution in [0.1, 0.15) is 11.4 Å². The smallest absolute Gasteiger partial charge is 0.232 e. The number of nitrogens with zero attached hydrogens (tertiary/aromatic N) is 5. The fourth-order valence-corrected chi connectivity index (χ4v) is 4.14. The predicted octanol–water partition coefficient (Wildman–Crippen LogP) is 5.76. The van der Waals surface area contributed by atoms with E-state index < -0.39 is 0 Å². The number of para-hydroxylation sites is 1. The summed E-state index contributed by atoms with van der Waals surface area (Å²) < 4.78 is 13.2. The average molecular weight is 476 g/mol. The topological polar surface area (TPSA) is 87.0 Å². The molecular weight excluding hydrogens is 454 g/mol. The maximum absolute atomic E-state index is 6.27. The Labute approximate surface area is 206 Å². The van der Waals surface area contributed by atoms with Crippen LogP contribution in [0.25, 0.3) is 39.2 Å². The number of furan rings is 1. The van der Waals surface area contributed by atoms with Gasteiger partial charge in [0.05, 0.1) is 18.7 Å². The Kier molecular flexibility index (Phi) is 5.59. The van der Waals surface area contributed by atoms with Crippen LogP contribution in [0.2, 0.25) is 0 Å². The van der Waals surface area contributed by atoms with Crippen LogP contribution in [0.15, 0.2) is 101 Å². The average Bonchev–Trinajstić information content (AvgIpc) is 3.53. The molecule has 8 heteroatoms. The lowest BCUT2D eigenvalue weighted by molar-refractivity contribution is 0.126. The van der Waals surface area contributed by atoms with Crippen LogP contribution in [0, 0.1) is 0 Å². The Morgan fingerprint density at radius 3 is 2.42 bits per heavy atom. The summed E-state index contributed by atoms with van der Waals surface area (Å²) in [5.74, 6) is 1.93. The standard InChI is InChI=1S/C28H21N5O3/c1-34-22-15-9-8-14-21(22)16-30-35-17-23-31-27-25-24(19-10-4-2-5-11-19)26(20-12-6-3-7-13-20)36-28(25)29-18-33(27)32-23/h2-16,18H,17H2,1H3/b30-16+. The van der Waals surface area contributed by atoms with Gasteiger partial charge < -0.3 is 14.0 Å². The molecule has 0 amide bonds. The monoisotopic (exact) mass is 475 g/mol. The number of aromatic nitrogens is 4. The second-order valence-electron chi connectivity index (χ2n) is 8.01. The lowest BCUT2D eigenvalue weighted by Gasteiger charge is -2.03. The van der Waals surface area contributed by atoms with E-state index in [2.05, 4.69) is 15.2 Å². The molecule has 0 bridgehead atoms. The van der Waals surface area contributed by atoms with Crippen molar-refractivity contribution in [3.8, 4) is 28.2 Å². The van der Waals surface area contributed by atoms with Crippen LogP contribution in [-0.2, 0) is 11.4 Å². The number of hydrogen-bond donors (Lipinski definition) is 0. The van der Waals surface area contributed by atoms with Gasteiger partial charge in [-0.25, -0.2) is 14.5 Å². The van der Waals surface area contributed by atoms with Gasteiger partial charge in [-0.05, 0) is 17.7 Å². The van der Waals surface area contributed by atoms with Gasteiger partial charge in [0.25, 0.3) is 0 Å². The summed E-state index contributed by atoms with van der Waals surface area (Å²) in [6.07, 6.45) is 3.20. The zero-order valence-corrected chi connectivity index (χ0v) is 19.4. The van der Waals surface area contributed by atoms with Crippen molar-refractivity contribution in [1.82, 2.24) is 19.6 Å². The zero-order valence-electron chi connectivity index (χ0n) is 19.4. The minimum absolute atomic E-state index is 0.0961. The van der Waals surface area contributed by atoms with Crippen molar-refractivity contribution in [1.29, 1.82) is 0 Å². The van der Waals surface area contributed by atoms with Crippen molar-refractivity contribution in [2.75, 3.05) is 7.11 Å². The summed E-state index contributed by atoms with van der Waals surface area (Å²) in [5, 5.41) is 9.38. The number of hydrogen-bond acceptors (Lipinski definition) is 7. The first-order valence-electron chi connectivity index (χ1n) is 11.4. The lowest BCUT2D eigenvalue weighted by Crippen LogP contribution is -1.94. The number of methoxy groups -OCH3 is 1. The van der Waals surface area contributed by atoms with Crippen LogP contribution in [0.4, 0.5) is 0 Å². The van der Waals surface area contributed by atoms with Gasteiger partial charge >= 0.3 is 0 Å². The quantitative estimate of drug-likeness (QED) is 0.215. The van der Waals surface area contributed by atoms with Crippen molar-refractivity contribution in [2.24, 2.45) is 5.16 Å². The van der Waals surface area contributed by atoms with Crippen molar-refractivity contribution in [3.05, 3.63) is 103 Å². The van der Waals surface area contributed by atoms with Gasteiger partial charge in [0.1, 0.15) is 17.8 Å². The Morgan fingerprint density at radius 1 is 0.917 bits per heavy atom. The van der Waals surface area contributed by atoms with E-state index in [4.69, 9.17) is 19.0 Å². The van der Waals surface area contributed by atoms with Crippen molar-refractivity contribution in [2.45, 2.75) is 6.61 Å². The van der Waals surface area contributed by atoms with Crippen LogP contribution in [-0.4, -0.2) is 32.9 Å². The van der Waals surface area contributed by atoms with Crippen molar-refractivity contribution in [3.63, 3.8) is 0 Å². The Morgan fingerprint density at radius 2 is 1.64 bits per heavy atom. The highest BCUT2D eigenvalue weighted by molar-refractivity contribution is 6.07. The van der Waals surface area contributed by atoms with Gasteiger partial charge in [-0.15, -0.1) is 5.10 Å². The van der Waals surface area contributed by atoms with E-state index in [0.717, 1.165) is 33.4 Å². The molecule has 6 rings (SSSR count). The minimum Gasteiger partial charge on any atom is -0.496 e. The number of ether oxygens (including phenoxy) is 1. The molecule has 0 aliphatic carbocycles. The highest BCUT2D eigenvalue weighted by Crippen LogP contribution is 2.41. The third-order valence-corrected chi connectivity index (χ3v) is 5.77. The molecule has 0 saturated heterocycles. The lowest BCUT2D eigenvalue weighted by atomic mass is 9.99. The zero-order chi connectivity index (χ0) is 24.3. The maximum atomic E-state index is 6.27. The van der Waals surface area contributed by atoms with Gasteiger partial charge in [0.15, 0.2) is 18.1 Å². The van der Waals surface area contributed by atoms with Gasteiger partial charge in [-0.3, -0.25) is 0 Å². The van der Waals surface area contributed by atoms with Crippen molar-refractivity contribution >= 4 is 23.0 Å². The Bertz CT molecular complexity index is 1670. The third-order valence-electron chi connectivity index (χ3n) is 5.77. The molecule has 0 aliphatic rings. The van der Waals surface area contributed by atoms with Crippen molar-refractivity contribution < 1.29 is 14.0 Å². The molecule has 0 unspecified atom stereocenters. The molecule has 3 heterocycles. The third kappa shape index (κ3) is 3.94. The highest BCUT2D eigenvalue weighted by atomic mass is 16.6. The first-order valence-corrected chi connectivity index (χ1v) is 11.4. The molecule has 3 aromatic carbocycles. The second kappa shape index (κ2) is 9.34. The summed E-state index contributed by atoms with van der Waals surface area (Å²) in [4.78, 5) is 14.7. The summed E-state index contributed by atoms with van der Waals surface area (Å²) in [5.41, 5.74) is 4.83. The first-order chi connectivity index (χ1) is 17.8. The predicted molar refractivity (Wildman–Crippen MR) is 137 cm³/mol. The van der Waals surface area contributed by atoms with E-state index in [1.165, 1.54) is 0 Å². The number of benzene rings is 3. The molecule has 6 aromatic rings. The Hall–Kier alpha value is -4.98. The molecule has 8 nitrogen and oxygen atoms in total. The van der Waals surface area contributed by atoms with Crippen LogP contribution in [0.3, 0.4) is 0 Å². The number of oxime groups is 1. The van der Waals surface area contributed by atoms with E-state index in [1.54, 1.807) is 24.2 Å². The fourth-order valence-electron chi connectivity index (χ4n) is 4.14. The molecule has 0 atom stereocenters. The van der Waals surface area contributed by atoms with E-state index in [0.29, 0.717) is 22.9 Å². The first kappa shape index (κ1) is 21.5. The largest absolute Gasteiger partial charge is 0.496 e. The van der Waals surface area contributed by atoms with Crippen LogP contribution < -0.4 is 4.74 Å². The van der Waals surface area contributed by atoms with Gasteiger partial charge in [0.2, 0.25) is 5.71 Å². The molecule has 0 aliphatic heterocycles. The number of rotatable bonds is 7. The van der Waals surface area contributed by atoms with Crippen LogP contribution in [0.5, 0.6) is 5.75 Å². The minimum atomic E-state index is 0.0961. The number of fused-ring (bicyclic) bond motifs is 3. The fraction of sp³-hybridized carbons (Fsp3) is 0.0714. The molecule has 0 saturated carbocycles. The summed E-state index contributed by atoms with van der Waals surface area (Å²) >= 11 is 0. The van der Waals surface area contributed by atoms with Gasteiger partial charge in [-0.2, -0.15) is 0 Å². The van der Waals surface area contributed by atoms with E-state index in [9.17, 15) is 0 Å². The van der Waals surface area contributed by atoms with E-state index in [1.807, 2.05) is 84.9 Å². The van der Waals surface area contributed by atoms with E-state index in [-0.39, 0.29) is 6.61 Å². The maximum Gasteiger partial charge on any atom is 0.232 e. The highest BCUT2D eigenvalue weighted by Gasteiger charge is 2.22.